The number of anilines is 1. The van der Waals surface area contributed by atoms with Crippen LogP contribution in [0.2, 0.25) is 5.02 Å². The molecular formula is C17H16BrClFN. The Balaban J connectivity index is 2.04. The molecule has 0 radical (unpaired) electrons. The van der Waals surface area contributed by atoms with Gasteiger partial charge in [-0.25, -0.2) is 4.39 Å². The first-order valence-electron chi connectivity index (χ1n) is 6.87. The topological polar surface area (TPSA) is 12.0 Å². The van der Waals surface area contributed by atoms with Gasteiger partial charge in [0, 0.05) is 9.50 Å². The molecule has 1 N–H and O–H groups in total. The number of halogens is 3. The molecule has 110 valence electrons. The monoisotopic (exact) mass is 367 g/mol. The Bertz CT molecular complexity index is 679. The van der Waals surface area contributed by atoms with Gasteiger partial charge in [0.1, 0.15) is 5.82 Å². The van der Waals surface area contributed by atoms with Crippen molar-refractivity contribution in [1.82, 2.24) is 0 Å². The first-order valence-corrected chi connectivity index (χ1v) is 8.04. The summed E-state index contributed by atoms with van der Waals surface area (Å²) in [6.45, 7) is 4.38. The molecule has 1 atom stereocenters. The van der Waals surface area contributed by atoms with Gasteiger partial charge >= 0.3 is 0 Å². The molecule has 21 heavy (non-hydrogen) atoms. The fraction of sp³-hybridized carbons (Fsp3) is 0.294. The van der Waals surface area contributed by atoms with Gasteiger partial charge in [-0.05, 0) is 63.2 Å². The molecule has 3 rings (SSSR count). The van der Waals surface area contributed by atoms with Crippen molar-refractivity contribution >= 4 is 33.2 Å². The summed E-state index contributed by atoms with van der Waals surface area (Å²) in [5, 5.41) is 4.08. The number of hydrogen-bond acceptors (Lipinski definition) is 1. The van der Waals surface area contributed by atoms with Crippen LogP contribution in [0.5, 0.6) is 0 Å². The van der Waals surface area contributed by atoms with Crippen LogP contribution >= 0.6 is 27.5 Å². The highest BCUT2D eigenvalue weighted by atomic mass is 79.9. The van der Waals surface area contributed by atoms with Crippen molar-refractivity contribution in [3.8, 4) is 0 Å². The van der Waals surface area contributed by atoms with E-state index in [1.165, 1.54) is 11.6 Å². The van der Waals surface area contributed by atoms with Crippen LogP contribution in [0.1, 0.15) is 31.0 Å². The smallest absolute Gasteiger partial charge is 0.147 e. The summed E-state index contributed by atoms with van der Waals surface area (Å²) in [5.74, 6) is -0.254. The molecule has 0 saturated heterocycles. The first-order chi connectivity index (χ1) is 9.88. The highest BCUT2D eigenvalue weighted by Crippen LogP contribution is 2.48. The van der Waals surface area contributed by atoms with E-state index in [1.807, 2.05) is 18.2 Å². The minimum Gasteiger partial charge on any atom is -0.374 e. The van der Waals surface area contributed by atoms with Crippen molar-refractivity contribution in [1.29, 1.82) is 0 Å². The highest BCUT2D eigenvalue weighted by Gasteiger charge is 2.39. The molecule has 0 amide bonds. The van der Waals surface area contributed by atoms with Crippen LogP contribution < -0.4 is 5.32 Å². The third kappa shape index (κ3) is 2.69. The van der Waals surface area contributed by atoms with Crippen molar-refractivity contribution in [3.05, 3.63) is 62.8 Å². The Morgan fingerprint density at radius 1 is 1.29 bits per heavy atom. The van der Waals surface area contributed by atoms with Crippen LogP contribution in [0, 0.1) is 11.2 Å². The van der Waals surface area contributed by atoms with Crippen molar-refractivity contribution < 1.29 is 4.39 Å². The fourth-order valence-electron chi connectivity index (χ4n) is 3.06. The predicted molar refractivity (Wildman–Crippen MR) is 89.4 cm³/mol. The SMILES string of the molecule is CC1(C)Cc2ccc(Cl)cc2C1Nc1c(F)cccc1Br. The quantitative estimate of drug-likeness (QED) is 0.688. The number of rotatable bonds is 2. The van der Waals surface area contributed by atoms with Gasteiger partial charge in [-0.3, -0.25) is 0 Å². The zero-order valence-electron chi connectivity index (χ0n) is 11.9. The predicted octanol–water partition coefficient (Wildman–Crippen LogP) is 5.98. The maximum absolute atomic E-state index is 14.1. The molecular weight excluding hydrogens is 353 g/mol. The third-order valence-corrected chi connectivity index (χ3v) is 4.99. The summed E-state index contributed by atoms with van der Waals surface area (Å²) in [4.78, 5) is 0. The van der Waals surface area contributed by atoms with Gasteiger partial charge < -0.3 is 5.32 Å². The van der Waals surface area contributed by atoms with E-state index in [9.17, 15) is 4.39 Å². The third-order valence-electron chi connectivity index (χ3n) is 4.10. The molecule has 0 saturated carbocycles. The molecule has 1 unspecified atom stereocenters. The van der Waals surface area contributed by atoms with Crippen LogP contribution in [0.3, 0.4) is 0 Å². The Hall–Kier alpha value is -1.06. The minimum absolute atomic E-state index is 0.00522. The van der Waals surface area contributed by atoms with Crippen LogP contribution in [0.15, 0.2) is 40.9 Å². The lowest BCUT2D eigenvalue weighted by molar-refractivity contribution is 0.336. The van der Waals surface area contributed by atoms with E-state index in [1.54, 1.807) is 6.07 Å². The number of para-hydroxylation sites is 1. The number of fused-ring (bicyclic) bond motifs is 1. The lowest BCUT2D eigenvalue weighted by atomic mass is 9.85. The van der Waals surface area contributed by atoms with Crippen LogP contribution in [0.25, 0.3) is 0 Å². The van der Waals surface area contributed by atoms with Crippen molar-refractivity contribution in [2.75, 3.05) is 5.32 Å². The molecule has 0 fully saturated rings. The van der Waals surface area contributed by atoms with Crippen LogP contribution in [0.4, 0.5) is 10.1 Å². The lowest BCUT2D eigenvalue weighted by Crippen LogP contribution is -2.25. The molecule has 2 aromatic carbocycles. The zero-order valence-corrected chi connectivity index (χ0v) is 14.2. The standard InChI is InChI=1S/C17H16BrClFN/c1-17(2)9-10-6-7-11(19)8-12(10)16(17)21-15-13(18)4-3-5-14(15)20/h3-8,16,21H,9H2,1-2H3. The second-order valence-corrected chi connectivity index (χ2v) is 7.47. The van der Waals surface area contributed by atoms with Gasteiger partial charge in [-0.15, -0.1) is 0 Å². The van der Waals surface area contributed by atoms with Gasteiger partial charge in [-0.2, -0.15) is 0 Å². The molecule has 0 aromatic heterocycles. The molecule has 1 aliphatic rings. The molecule has 1 aliphatic carbocycles. The summed E-state index contributed by atoms with van der Waals surface area (Å²) in [7, 11) is 0. The van der Waals surface area contributed by atoms with Crippen molar-refractivity contribution in [2.45, 2.75) is 26.3 Å². The minimum atomic E-state index is -0.254. The maximum Gasteiger partial charge on any atom is 0.147 e. The van der Waals surface area contributed by atoms with E-state index in [2.05, 4.69) is 41.2 Å². The summed E-state index contributed by atoms with van der Waals surface area (Å²) in [6.07, 6.45) is 0.948. The molecule has 0 bridgehead atoms. The van der Waals surface area contributed by atoms with E-state index < -0.39 is 0 Å². The van der Waals surface area contributed by atoms with E-state index in [0.29, 0.717) is 10.7 Å². The summed E-state index contributed by atoms with van der Waals surface area (Å²) in [5.41, 5.74) is 2.93. The maximum atomic E-state index is 14.1. The van der Waals surface area contributed by atoms with Gasteiger partial charge in [-0.1, -0.05) is 37.6 Å². The molecule has 0 spiro atoms. The van der Waals surface area contributed by atoms with Crippen molar-refractivity contribution in [3.63, 3.8) is 0 Å². The second kappa shape index (κ2) is 5.29. The fourth-order valence-corrected chi connectivity index (χ4v) is 3.70. The summed E-state index contributed by atoms with van der Waals surface area (Å²) in [6, 6.07) is 11.0. The Kier molecular flexibility index (Phi) is 3.74. The Labute approximate surface area is 137 Å². The van der Waals surface area contributed by atoms with E-state index >= 15 is 0 Å². The molecule has 0 aliphatic heterocycles. The van der Waals surface area contributed by atoms with Gasteiger partial charge in [0.2, 0.25) is 0 Å². The van der Waals surface area contributed by atoms with Gasteiger partial charge in [0.15, 0.2) is 0 Å². The molecule has 1 nitrogen and oxygen atoms in total. The summed E-state index contributed by atoms with van der Waals surface area (Å²) < 4.78 is 14.8. The molecule has 0 heterocycles. The highest BCUT2D eigenvalue weighted by molar-refractivity contribution is 9.10. The zero-order chi connectivity index (χ0) is 15.2. The number of benzene rings is 2. The Morgan fingerprint density at radius 3 is 2.76 bits per heavy atom. The lowest BCUT2D eigenvalue weighted by Gasteiger charge is -2.30. The number of nitrogens with one attached hydrogen (secondary N) is 1. The van der Waals surface area contributed by atoms with E-state index in [-0.39, 0.29) is 17.3 Å². The second-order valence-electron chi connectivity index (χ2n) is 6.18. The average molecular weight is 369 g/mol. The van der Waals surface area contributed by atoms with Crippen molar-refractivity contribution in [2.24, 2.45) is 5.41 Å². The van der Waals surface area contributed by atoms with Crippen LogP contribution in [-0.2, 0) is 6.42 Å². The van der Waals surface area contributed by atoms with Gasteiger partial charge in [0.05, 0.1) is 11.7 Å². The average Bonchev–Trinajstić information content (AvgIpc) is 2.64. The summed E-state index contributed by atoms with van der Waals surface area (Å²) >= 11 is 9.55. The molecule has 2 aromatic rings. The van der Waals surface area contributed by atoms with E-state index in [0.717, 1.165) is 16.5 Å². The van der Waals surface area contributed by atoms with E-state index in [4.69, 9.17) is 11.6 Å². The number of hydrogen-bond donors (Lipinski definition) is 1. The molecule has 4 heteroatoms. The Morgan fingerprint density at radius 2 is 2.05 bits per heavy atom. The first kappa shape index (κ1) is 14.9. The normalized spacial score (nSPS) is 19.4. The largest absolute Gasteiger partial charge is 0.374 e. The van der Waals surface area contributed by atoms with Crippen LogP contribution in [-0.4, -0.2) is 0 Å². The van der Waals surface area contributed by atoms with Gasteiger partial charge in [0.25, 0.3) is 0 Å².